The van der Waals surface area contributed by atoms with Crippen molar-refractivity contribution in [3.05, 3.63) is 0 Å². The number of nitrogens with zero attached hydrogens (tertiary/aromatic N) is 1. The molecule has 0 aromatic carbocycles. The van der Waals surface area contributed by atoms with Crippen molar-refractivity contribution in [2.75, 3.05) is 39.4 Å². The zero-order chi connectivity index (χ0) is 14.6. The standard InChI is InChI=1S/C14H27N3O3/c1-14(2,3)20-13(18)16-11-10-15-5-4-12(11)17-6-8-19-9-7-17/h11-12,15H,4-10H2,1-3H3,(H,16,18). The highest BCUT2D eigenvalue weighted by molar-refractivity contribution is 5.68. The maximum absolute atomic E-state index is 12.0. The second-order valence-electron chi connectivity index (χ2n) is 6.46. The van der Waals surface area contributed by atoms with Gasteiger partial charge in [0, 0.05) is 25.7 Å². The van der Waals surface area contributed by atoms with Crippen LogP contribution in [0.15, 0.2) is 0 Å². The smallest absolute Gasteiger partial charge is 0.407 e. The van der Waals surface area contributed by atoms with Gasteiger partial charge in [0.05, 0.1) is 19.3 Å². The lowest BCUT2D eigenvalue weighted by Crippen LogP contribution is -2.61. The van der Waals surface area contributed by atoms with Gasteiger partial charge in [-0.1, -0.05) is 0 Å². The number of ether oxygens (including phenoxy) is 2. The molecule has 116 valence electrons. The molecule has 2 fully saturated rings. The highest BCUT2D eigenvalue weighted by Gasteiger charge is 2.32. The highest BCUT2D eigenvalue weighted by atomic mass is 16.6. The molecular formula is C14H27N3O3. The zero-order valence-electron chi connectivity index (χ0n) is 12.8. The fourth-order valence-electron chi connectivity index (χ4n) is 2.80. The Kier molecular flexibility index (Phi) is 5.23. The van der Waals surface area contributed by atoms with Crippen molar-refractivity contribution in [2.24, 2.45) is 0 Å². The van der Waals surface area contributed by atoms with Crippen LogP contribution in [0.3, 0.4) is 0 Å². The van der Waals surface area contributed by atoms with Gasteiger partial charge >= 0.3 is 6.09 Å². The first-order chi connectivity index (χ1) is 9.46. The molecule has 1 amide bonds. The number of hydrogen-bond acceptors (Lipinski definition) is 5. The SMILES string of the molecule is CC(C)(C)OC(=O)NC1CNCCC1N1CCOCC1. The van der Waals surface area contributed by atoms with E-state index in [9.17, 15) is 4.79 Å². The molecule has 2 atom stereocenters. The van der Waals surface area contributed by atoms with E-state index in [4.69, 9.17) is 9.47 Å². The fraction of sp³-hybridized carbons (Fsp3) is 0.929. The molecule has 0 aromatic heterocycles. The predicted molar refractivity (Wildman–Crippen MR) is 76.8 cm³/mol. The van der Waals surface area contributed by atoms with Crippen LogP contribution in [-0.2, 0) is 9.47 Å². The summed E-state index contributed by atoms with van der Waals surface area (Å²) < 4.78 is 10.8. The second kappa shape index (κ2) is 6.74. The van der Waals surface area contributed by atoms with Gasteiger partial charge in [0.1, 0.15) is 5.60 Å². The summed E-state index contributed by atoms with van der Waals surface area (Å²) in [6.45, 7) is 10.9. The third-order valence-electron chi connectivity index (χ3n) is 3.66. The van der Waals surface area contributed by atoms with E-state index in [0.717, 1.165) is 45.8 Å². The van der Waals surface area contributed by atoms with Gasteiger partial charge in [0.15, 0.2) is 0 Å². The first-order valence-corrected chi connectivity index (χ1v) is 7.48. The van der Waals surface area contributed by atoms with Crippen molar-refractivity contribution in [3.63, 3.8) is 0 Å². The van der Waals surface area contributed by atoms with Gasteiger partial charge < -0.3 is 20.1 Å². The number of hydrogen-bond donors (Lipinski definition) is 2. The molecule has 2 heterocycles. The van der Waals surface area contributed by atoms with Crippen LogP contribution in [0.25, 0.3) is 0 Å². The lowest BCUT2D eigenvalue weighted by molar-refractivity contribution is -0.00109. The number of piperidine rings is 1. The van der Waals surface area contributed by atoms with Gasteiger partial charge in [-0.25, -0.2) is 4.79 Å². The first-order valence-electron chi connectivity index (χ1n) is 7.48. The monoisotopic (exact) mass is 285 g/mol. The van der Waals surface area contributed by atoms with Gasteiger partial charge in [0.2, 0.25) is 0 Å². The van der Waals surface area contributed by atoms with Gasteiger partial charge in [0.25, 0.3) is 0 Å². The van der Waals surface area contributed by atoms with Crippen LogP contribution in [-0.4, -0.2) is 68.1 Å². The Bertz CT molecular complexity index is 324. The van der Waals surface area contributed by atoms with E-state index in [-0.39, 0.29) is 12.1 Å². The van der Waals surface area contributed by atoms with Crippen molar-refractivity contribution in [3.8, 4) is 0 Å². The Morgan fingerprint density at radius 2 is 2.05 bits per heavy atom. The summed E-state index contributed by atoms with van der Waals surface area (Å²) in [6.07, 6.45) is 0.713. The van der Waals surface area contributed by atoms with E-state index in [1.807, 2.05) is 20.8 Å². The van der Waals surface area contributed by atoms with Crippen molar-refractivity contribution < 1.29 is 14.3 Å². The summed E-state index contributed by atoms with van der Waals surface area (Å²) in [5.41, 5.74) is -0.458. The second-order valence-corrected chi connectivity index (χ2v) is 6.46. The molecule has 0 bridgehead atoms. The third kappa shape index (κ3) is 4.61. The van der Waals surface area contributed by atoms with Crippen LogP contribution in [0.1, 0.15) is 27.2 Å². The average molecular weight is 285 g/mol. The van der Waals surface area contributed by atoms with Crippen LogP contribution >= 0.6 is 0 Å². The maximum Gasteiger partial charge on any atom is 0.407 e. The number of nitrogens with one attached hydrogen (secondary N) is 2. The highest BCUT2D eigenvalue weighted by Crippen LogP contribution is 2.15. The molecule has 2 aliphatic rings. The average Bonchev–Trinajstić information content (AvgIpc) is 2.38. The van der Waals surface area contributed by atoms with Crippen molar-refractivity contribution in [1.29, 1.82) is 0 Å². The molecule has 2 N–H and O–H groups in total. The van der Waals surface area contributed by atoms with Gasteiger partial charge in [-0.05, 0) is 33.7 Å². The largest absolute Gasteiger partial charge is 0.444 e. The minimum Gasteiger partial charge on any atom is -0.444 e. The molecule has 2 saturated heterocycles. The molecule has 6 nitrogen and oxygen atoms in total. The zero-order valence-corrected chi connectivity index (χ0v) is 12.8. The predicted octanol–water partition coefficient (Wildman–Crippen LogP) is 0.574. The van der Waals surface area contributed by atoms with E-state index in [1.54, 1.807) is 0 Å². The Morgan fingerprint density at radius 1 is 1.35 bits per heavy atom. The van der Waals surface area contributed by atoms with E-state index < -0.39 is 5.60 Å². The number of carbonyl (C=O) groups excluding carboxylic acids is 1. The topological polar surface area (TPSA) is 62.8 Å². The molecule has 0 spiro atoms. The van der Waals surface area contributed by atoms with Crippen molar-refractivity contribution in [1.82, 2.24) is 15.5 Å². The normalized spacial score (nSPS) is 28.9. The Morgan fingerprint density at radius 3 is 2.70 bits per heavy atom. The summed E-state index contributed by atoms with van der Waals surface area (Å²) in [4.78, 5) is 14.4. The third-order valence-corrected chi connectivity index (χ3v) is 3.66. The number of alkyl carbamates (subject to hydrolysis) is 1. The van der Waals surface area contributed by atoms with E-state index in [0.29, 0.717) is 6.04 Å². The summed E-state index contributed by atoms with van der Waals surface area (Å²) in [5.74, 6) is 0. The number of amides is 1. The summed E-state index contributed by atoms with van der Waals surface area (Å²) in [5, 5.41) is 6.36. The Hall–Kier alpha value is -0.850. The maximum atomic E-state index is 12.0. The minimum absolute atomic E-state index is 0.0942. The molecule has 0 saturated carbocycles. The molecule has 0 aromatic rings. The van der Waals surface area contributed by atoms with E-state index in [2.05, 4.69) is 15.5 Å². The quantitative estimate of drug-likeness (QED) is 0.777. The van der Waals surface area contributed by atoms with Crippen molar-refractivity contribution in [2.45, 2.75) is 44.9 Å². The molecule has 0 aliphatic carbocycles. The van der Waals surface area contributed by atoms with Crippen LogP contribution in [0.5, 0.6) is 0 Å². The van der Waals surface area contributed by atoms with E-state index in [1.165, 1.54) is 0 Å². The van der Waals surface area contributed by atoms with Crippen LogP contribution in [0.2, 0.25) is 0 Å². The van der Waals surface area contributed by atoms with Crippen LogP contribution in [0.4, 0.5) is 4.79 Å². The molecule has 2 rings (SSSR count). The molecule has 2 unspecified atom stereocenters. The summed E-state index contributed by atoms with van der Waals surface area (Å²) >= 11 is 0. The lowest BCUT2D eigenvalue weighted by atomic mass is 9.98. The molecule has 2 aliphatic heterocycles. The molecule has 0 radical (unpaired) electrons. The Labute approximate surface area is 121 Å². The summed E-state index contributed by atoms with van der Waals surface area (Å²) in [6, 6.07) is 0.462. The van der Waals surface area contributed by atoms with Crippen LogP contribution < -0.4 is 10.6 Å². The van der Waals surface area contributed by atoms with E-state index >= 15 is 0 Å². The fourth-order valence-corrected chi connectivity index (χ4v) is 2.80. The molecule has 20 heavy (non-hydrogen) atoms. The number of rotatable bonds is 2. The van der Waals surface area contributed by atoms with Gasteiger partial charge in [-0.3, -0.25) is 4.90 Å². The van der Waals surface area contributed by atoms with Gasteiger partial charge in [-0.2, -0.15) is 0 Å². The number of carbonyl (C=O) groups is 1. The first kappa shape index (κ1) is 15.5. The molecular weight excluding hydrogens is 258 g/mol. The van der Waals surface area contributed by atoms with Gasteiger partial charge in [-0.15, -0.1) is 0 Å². The minimum atomic E-state index is -0.458. The lowest BCUT2D eigenvalue weighted by Gasteiger charge is -2.42. The summed E-state index contributed by atoms with van der Waals surface area (Å²) in [7, 11) is 0. The van der Waals surface area contributed by atoms with Crippen molar-refractivity contribution >= 4 is 6.09 Å². The Balaban J connectivity index is 1.91. The molecule has 6 heteroatoms. The van der Waals surface area contributed by atoms with Crippen LogP contribution in [0, 0.1) is 0 Å². The number of morpholine rings is 1.